The van der Waals surface area contributed by atoms with E-state index in [-0.39, 0.29) is 5.91 Å². The number of hydrogen-bond acceptors (Lipinski definition) is 3. The smallest absolute Gasteiger partial charge is 0.291 e. The number of amides is 1. The van der Waals surface area contributed by atoms with Crippen molar-refractivity contribution in [1.29, 1.82) is 0 Å². The second-order valence-electron chi connectivity index (χ2n) is 5.11. The molecule has 1 saturated heterocycles. The standard InChI is InChI=1S/C16H18N2O2/c19-16(15-4-3-11-20-15)17-14-7-5-13(6-8-14)12-18-9-1-2-10-18/h3-8,11H,1-2,9-10,12H2,(H,17,19). The zero-order chi connectivity index (χ0) is 13.8. The molecule has 0 bridgehead atoms. The first-order valence-corrected chi connectivity index (χ1v) is 6.97. The molecule has 1 amide bonds. The van der Waals surface area contributed by atoms with Crippen molar-refractivity contribution in [3.8, 4) is 0 Å². The molecule has 4 nitrogen and oxygen atoms in total. The van der Waals surface area contributed by atoms with Gasteiger partial charge in [-0.2, -0.15) is 0 Å². The highest BCUT2D eigenvalue weighted by Gasteiger charge is 2.12. The Morgan fingerprint density at radius 1 is 1.15 bits per heavy atom. The molecule has 0 atom stereocenters. The van der Waals surface area contributed by atoms with Crippen molar-refractivity contribution >= 4 is 11.6 Å². The molecule has 0 aliphatic carbocycles. The minimum absolute atomic E-state index is 0.220. The Morgan fingerprint density at radius 2 is 1.90 bits per heavy atom. The Morgan fingerprint density at radius 3 is 2.55 bits per heavy atom. The summed E-state index contributed by atoms with van der Waals surface area (Å²) in [6.07, 6.45) is 4.10. The lowest BCUT2D eigenvalue weighted by atomic mass is 10.2. The van der Waals surface area contributed by atoms with Crippen molar-refractivity contribution in [1.82, 2.24) is 4.90 Å². The van der Waals surface area contributed by atoms with Crippen LogP contribution in [0, 0.1) is 0 Å². The van der Waals surface area contributed by atoms with E-state index in [2.05, 4.69) is 22.3 Å². The predicted octanol–water partition coefficient (Wildman–Crippen LogP) is 3.13. The first-order valence-electron chi connectivity index (χ1n) is 6.97. The SMILES string of the molecule is O=C(Nc1ccc(CN2CCCC2)cc1)c1ccco1. The van der Waals surface area contributed by atoms with E-state index < -0.39 is 0 Å². The molecule has 1 fully saturated rings. The molecule has 1 aliphatic heterocycles. The van der Waals surface area contributed by atoms with E-state index in [1.165, 1.54) is 37.8 Å². The maximum absolute atomic E-state index is 11.8. The largest absolute Gasteiger partial charge is 0.459 e. The van der Waals surface area contributed by atoms with Gasteiger partial charge in [-0.25, -0.2) is 0 Å². The van der Waals surface area contributed by atoms with Crippen molar-refractivity contribution in [2.24, 2.45) is 0 Å². The first-order chi connectivity index (χ1) is 9.81. The van der Waals surface area contributed by atoms with Crippen molar-refractivity contribution in [2.45, 2.75) is 19.4 Å². The van der Waals surface area contributed by atoms with Gasteiger partial charge >= 0.3 is 0 Å². The van der Waals surface area contributed by atoms with Crippen LogP contribution in [0.2, 0.25) is 0 Å². The molecule has 1 aromatic heterocycles. The minimum atomic E-state index is -0.220. The molecular weight excluding hydrogens is 252 g/mol. The average Bonchev–Trinajstić information content (AvgIpc) is 3.13. The van der Waals surface area contributed by atoms with Crippen LogP contribution in [0.15, 0.2) is 47.1 Å². The summed E-state index contributed by atoms with van der Waals surface area (Å²) in [6, 6.07) is 11.4. The molecule has 104 valence electrons. The highest BCUT2D eigenvalue weighted by molar-refractivity contribution is 6.02. The molecule has 0 spiro atoms. The lowest BCUT2D eigenvalue weighted by molar-refractivity contribution is 0.0996. The van der Waals surface area contributed by atoms with Crippen LogP contribution in [0.1, 0.15) is 29.0 Å². The van der Waals surface area contributed by atoms with E-state index in [9.17, 15) is 4.79 Å². The fourth-order valence-electron chi connectivity index (χ4n) is 2.49. The van der Waals surface area contributed by atoms with E-state index in [4.69, 9.17) is 4.42 Å². The fourth-order valence-corrected chi connectivity index (χ4v) is 2.49. The summed E-state index contributed by atoms with van der Waals surface area (Å²) < 4.78 is 5.06. The lowest BCUT2D eigenvalue weighted by Crippen LogP contribution is -2.18. The Bertz CT molecular complexity index is 555. The Labute approximate surface area is 118 Å². The third kappa shape index (κ3) is 3.08. The van der Waals surface area contributed by atoms with E-state index in [1.54, 1.807) is 12.1 Å². The van der Waals surface area contributed by atoms with Gasteiger partial charge in [0.15, 0.2) is 5.76 Å². The Balaban J connectivity index is 1.59. The van der Waals surface area contributed by atoms with Gasteiger partial charge in [-0.05, 0) is 55.8 Å². The van der Waals surface area contributed by atoms with Gasteiger partial charge in [0.1, 0.15) is 0 Å². The number of likely N-dealkylation sites (tertiary alicyclic amines) is 1. The van der Waals surface area contributed by atoms with Crippen molar-refractivity contribution < 1.29 is 9.21 Å². The molecule has 20 heavy (non-hydrogen) atoms. The van der Waals surface area contributed by atoms with Crippen LogP contribution in [0.5, 0.6) is 0 Å². The maximum atomic E-state index is 11.8. The maximum Gasteiger partial charge on any atom is 0.291 e. The predicted molar refractivity (Wildman–Crippen MR) is 77.6 cm³/mol. The number of anilines is 1. The number of carbonyl (C=O) groups excluding carboxylic acids is 1. The van der Waals surface area contributed by atoms with E-state index in [0.717, 1.165) is 12.2 Å². The molecule has 4 heteroatoms. The Hall–Kier alpha value is -2.07. The molecule has 1 N–H and O–H groups in total. The average molecular weight is 270 g/mol. The van der Waals surface area contributed by atoms with Gasteiger partial charge < -0.3 is 9.73 Å². The summed E-state index contributed by atoms with van der Waals surface area (Å²) in [6.45, 7) is 3.38. The fraction of sp³-hybridized carbons (Fsp3) is 0.312. The third-order valence-electron chi connectivity index (χ3n) is 3.56. The van der Waals surface area contributed by atoms with Crippen LogP contribution in [-0.2, 0) is 6.54 Å². The van der Waals surface area contributed by atoms with Gasteiger partial charge in [-0.3, -0.25) is 9.69 Å². The molecule has 1 aromatic carbocycles. The van der Waals surface area contributed by atoms with Gasteiger partial charge in [-0.15, -0.1) is 0 Å². The van der Waals surface area contributed by atoms with Gasteiger partial charge in [0.05, 0.1) is 6.26 Å². The van der Waals surface area contributed by atoms with Crippen LogP contribution in [-0.4, -0.2) is 23.9 Å². The second kappa shape index (κ2) is 5.92. The summed E-state index contributed by atoms with van der Waals surface area (Å²) >= 11 is 0. The lowest BCUT2D eigenvalue weighted by Gasteiger charge is -2.14. The van der Waals surface area contributed by atoms with Crippen LogP contribution >= 0.6 is 0 Å². The van der Waals surface area contributed by atoms with Crippen LogP contribution in [0.3, 0.4) is 0 Å². The summed E-state index contributed by atoms with van der Waals surface area (Å²) in [5.41, 5.74) is 2.07. The summed E-state index contributed by atoms with van der Waals surface area (Å²) in [4.78, 5) is 14.3. The molecule has 0 radical (unpaired) electrons. The number of rotatable bonds is 4. The molecule has 2 aromatic rings. The highest BCUT2D eigenvalue weighted by atomic mass is 16.3. The molecule has 0 unspecified atom stereocenters. The quantitative estimate of drug-likeness (QED) is 0.928. The van der Waals surface area contributed by atoms with Crippen molar-refractivity contribution in [2.75, 3.05) is 18.4 Å². The summed E-state index contributed by atoms with van der Waals surface area (Å²) in [7, 11) is 0. The van der Waals surface area contributed by atoms with E-state index >= 15 is 0 Å². The zero-order valence-electron chi connectivity index (χ0n) is 11.3. The minimum Gasteiger partial charge on any atom is -0.459 e. The number of carbonyl (C=O) groups is 1. The number of nitrogens with one attached hydrogen (secondary N) is 1. The topological polar surface area (TPSA) is 45.5 Å². The monoisotopic (exact) mass is 270 g/mol. The number of nitrogens with zero attached hydrogens (tertiary/aromatic N) is 1. The third-order valence-corrected chi connectivity index (χ3v) is 3.56. The number of hydrogen-bond donors (Lipinski definition) is 1. The molecule has 2 heterocycles. The zero-order valence-corrected chi connectivity index (χ0v) is 11.3. The molecule has 3 rings (SSSR count). The first kappa shape index (κ1) is 12.9. The second-order valence-corrected chi connectivity index (χ2v) is 5.11. The molecular formula is C16H18N2O2. The van der Waals surface area contributed by atoms with Gasteiger partial charge in [0, 0.05) is 12.2 Å². The van der Waals surface area contributed by atoms with Crippen LogP contribution in [0.25, 0.3) is 0 Å². The van der Waals surface area contributed by atoms with Crippen LogP contribution < -0.4 is 5.32 Å². The normalized spacial score (nSPS) is 15.4. The molecule has 1 aliphatic rings. The van der Waals surface area contributed by atoms with E-state index in [0.29, 0.717) is 5.76 Å². The summed E-state index contributed by atoms with van der Waals surface area (Å²) in [5.74, 6) is 0.105. The highest BCUT2D eigenvalue weighted by Crippen LogP contribution is 2.16. The molecule has 0 saturated carbocycles. The van der Waals surface area contributed by atoms with Crippen LogP contribution in [0.4, 0.5) is 5.69 Å². The number of furan rings is 1. The Kier molecular flexibility index (Phi) is 3.83. The number of benzene rings is 1. The van der Waals surface area contributed by atoms with Gasteiger partial charge in [0.2, 0.25) is 0 Å². The van der Waals surface area contributed by atoms with Crippen molar-refractivity contribution in [3.63, 3.8) is 0 Å². The van der Waals surface area contributed by atoms with E-state index in [1.807, 2.05) is 12.1 Å². The van der Waals surface area contributed by atoms with Gasteiger partial charge in [-0.1, -0.05) is 12.1 Å². The van der Waals surface area contributed by atoms with Crippen molar-refractivity contribution in [3.05, 3.63) is 54.0 Å². The summed E-state index contributed by atoms with van der Waals surface area (Å²) in [5, 5.41) is 2.82. The van der Waals surface area contributed by atoms with Gasteiger partial charge in [0.25, 0.3) is 5.91 Å².